The minimum atomic E-state index is 0.501. The fourth-order valence-electron chi connectivity index (χ4n) is 2.67. The number of benzene rings is 2. The van der Waals surface area contributed by atoms with Gasteiger partial charge in [0.1, 0.15) is 0 Å². The van der Waals surface area contributed by atoms with Crippen LogP contribution in [0.1, 0.15) is 11.5 Å². The first kappa shape index (κ1) is 14.0. The maximum atomic E-state index is 5.99. The zero-order valence-corrected chi connectivity index (χ0v) is 13.0. The van der Waals surface area contributed by atoms with Crippen molar-refractivity contribution < 1.29 is 4.42 Å². The Balaban J connectivity index is 1.52. The third kappa shape index (κ3) is 2.85. The normalized spacial score (nSPS) is 11.2. The molecule has 5 heteroatoms. The first-order chi connectivity index (χ1) is 11.3. The molecule has 23 heavy (non-hydrogen) atoms. The Labute approximate surface area is 138 Å². The molecule has 0 saturated heterocycles. The van der Waals surface area contributed by atoms with Crippen LogP contribution >= 0.6 is 11.6 Å². The van der Waals surface area contributed by atoms with Crippen LogP contribution in [0.15, 0.2) is 59.1 Å². The minimum absolute atomic E-state index is 0.501. The number of fused-ring (bicyclic) bond motifs is 1. The molecule has 0 aliphatic carbocycles. The summed E-state index contributed by atoms with van der Waals surface area (Å²) in [6.07, 6.45) is 3.59. The van der Waals surface area contributed by atoms with Crippen molar-refractivity contribution in [2.75, 3.05) is 0 Å². The van der Waals surface area contributed by atoms with Gasteiger partial charge in [0.15, 0.2) is 0 Å². The molecule has 0 aliphatic rings. The van der Waals surface area contributed by atoms with E-state index in [9.17, 15) is 0 Å². The van der Waals surface area contributed by atoms with E-state index >= 15 is 0 Å². The molecule has 2 heterocycles. The molecule has 0 saturated carbocycles. The predicted molar refractivity (Wildman–Crippen MR) is 90.5 cm³/mol. The smallest absolute Gasteiger partial charge is 0.247 e. The minimum Gasteiger partial charge on any atom is -0.421 e. The van der Waals surface area contributed by atoms with Crippen LogP contribution in [0.2, 0.25) is 5.02 Å². The second-order valence-electron chi connectivity index (χ2n) is 5.37. The lowest BCUT2D eigenvalue weighted by Crippen LogP contribution is -1.90. The lowest BCUT2D eigenvalue weighted by molar-refractivity contribution is 0.505. The first-order valence-electron chi connectivity index (χ1n) is 7.43. The van der Waals surface area contributed by atoms with Gasteiger partial charge in [-0.15, -0.1) is 10.2 Å². The third-order valence-electron chi connectivity index (χ3n) is 3.82. The number of aryl methyl sites for hydroxylation is 2. The van der Waals surface area contributed by atoms with Gasteiger partial charge >= 0.3 is 0 Å². The number of hydrogen-bond donors (Lipinski definition) is 1. The maximum Gasteiger partial charge on any atom is 0.247 e. The molecule has 2 aromatic carbocycles. The summed E-state index contributed by atoms with van der Waals surface area (Å²) in [7, 11) is 0. The topological polar surface area (TPSA) is 54.7 Å². The number of para-hydroxylation sites is 1. The van der Waals surface area contributed by atoms with Crippen molar-refractivity contribution in [1.29, 1.82) is 0 Å². The zero-order chi connectivity index (χ0) is 15.6. The van der Waals surface area contributed by atoms with E-state index in [1.165, 1.54) is 10.9 Å². The largest absolute Gasteiger partial charge is 0.421 e. The summed E-state index contributed by atoms with van der Waals surface area (Å²) in [6.45, 7) is 0. The van der Waals surface area contributed by atoms with Gasteiger partial charge in [-0.3, -0.25) is 0 Å². The van der Waals surface area contributed by atoms with Crippen molar-refractivity contribution in [1.82, 2.24) is 15.2 Å². The Morgan fingerprint density at radius 3 is 2.83 bits per heavy atom. The summed E-state index contributed by atoms with van der Waals surface area (Å²) in [4.78, 5) is 3.28. The zero-order valence-electron chi connectivity index (χ0n) is 12.3. The average molecular weight is 324 g/mol. The first-order valence-corrected chi connectivity index (χ1v) is 7.81. The highest BCUT2D eigenvalue weighted by Gasteiger charge is 2.10. The molecule has 1 N–H and O–H groups in total. The summed E-state index contributed by atoms with van der Waals surface area (Å²) < 4.78 is 5.74. The molecule has 114 valence electrons. The molecule has 2 aromatic heterocycles. The van der Waals surface area contributed by atoms with E-state index in [0.717, 1.165) is 17.5 Å². The van der Waals surface area contributed by atoms with Gasteiger partial charge in [-0.2, -0.15) is 0 Å². The Kier molecular flexibility index (Phi) is 3.60. The van der Waals surface area contributed by atoms with Crippen LogP contribution in [0.3, 0.4) is 0 Å². The van der Waals surface area contributed by atoms with E-state index < -0.39 is 0 Å². The Hall–Kier alpha value is -2.59. The number of aromatic amines is 1. The fraction of sp³-hybridized carbons (Fsp3) is 0.111. The van der Waals surface area contributed by atoms with Crippen LogP contribution in [0.4, 0.5) is 0 Å². The van der Waals surface area contributed by atoms with Gasteiger partial charge in [-0.05, 0) is 36.2 Å². The van der Waals surface area contributed by atoms with Crippen molar-refractivity contribution >= 4 is 22.5 Å². The number of H-pyrrole nitrogens is 1. The Morgan fingerprint density at radius 1 is 1.00 bits per heavy atom. The highest BCUT2D eigenvalue weighted by Crippen LogP contribution is 2.23. The predicted octanol–water partition coefficient (Wildman–Crippen LogP) is 4.66. The summed E-state index contributed by atoms with van der Waals surface area (Å²) >= 11 is 5.99. The standard InChI is InChI=1S/C18H14ClN3O/c19-14-5-3-4-12(10-14)18-22-21-17(23-18)9-8-13-11-20-16-7-2-1-6-15(13)16/h1-7,10-11,20H,8-9H2. The summed E-state index contributed by atoms with van der Waals surface area (Å²) in [5.74, 6) is 1.13. The second kappa shape index (κ2) is 5.89. The second-order valence-corrected chi connectivity index (χ2v) is 5.81. The quantitative estimate of drug-likeness (QED) is 0.594. The van der Waals surface area contributed by atoms with Crippen LogP contribution in [-0.2, 0) is 12.8 Å². The van der Waals surface area contributed by atoms with Crippen molar-refractivity contribution in [3.05, 3.63) is 71.2 Å². The van der Waals surface area contributed by atoms with E-state index in [1.54, 1.807) is 0 Å². The number of nitrogens with zero attached hydrogens (tertiary/aromatic N) is 2. The SMILES string of the molecule is Clc1cccc(-c2nnc(CCc3c[nH]c4ccccc34)o2)c1. The highest BCUT2D eigenvalue weighted by molar-refractivity contribution is 6.30. The highest BCUT2D eigenvalue weighted by atomic mass is 35.5. The maximum absolute atomic E-state index is 5.99. The monoisotopic (exact) mass is 323 g/mol. The van der Waals surface area contributed by atoms with Gasteiger partial charge in [0, 0.05) is 34.1 Å². The molecular weight excluding hydrogens is 310 g/mol. The van der Waals surface area contributed by atoms with Gasteiger partial charge in [0.25, 0.3) is 0 Å². The molecule has 0 amide bonds. The van der Waals surface area contributed by atoms with Gasteiger partial charge in [-0.25, -0.2) is 0 Å². The number of nitrogens with one attached hydrogen (secondary N) is 1. The van der Waals surface area contributed by atoms with E-state index in [1.807, 2.05) is 42.6 Å². The van der Waals surface area contributed by atoms with E-state index in [-0.39, 0.29) is 0 Å². The van der Waals surface area contributed by atoms with Crippen LogP contribution in [0.25, 0.3) is 22.4 Å². The molecule has 0 atom stereocenters. The van der Waals surface area contributed by atoms with Gasteiger partial charge < -0.3 is 9.40 Å². The number of aromatic nitrogens is 3. The number of halogens is 1. The van der Waals surface area contributed by atoms with E-state index in [4.69, 9.17) is 16.0 Å². The third-order valence-corrected chi connectivity index (χ3v) is 4.06. The average Bonchev–Trinajstić information content (AvgIpc) is 3.20. The Morgan fingerprint density at radius 2 is 1.91 bits per heavy atom. The van der Waals surface area contributed by atoms with E-state index in [2.05, 4.69) is 27.3 Å². The van der Waals surface area contributed by atoms with Gasteiger partial charge in [-0.1, -0.05) is 35.9 Å². The molecule has 0 aliphatic heterocycles. The molecule has 0 fully saturated rings. The van der Waals surface area contributed by atoms with E-state index in [0.29, 0.717) is 23.2 Å². The summed E-state index contributed by atoms with van der Waals surface area (Å²) in [6, 6.07) is 15.7. The van der Waals surface area contributed by atoms with Crippen molar-refractivity contribution in [2.45, 2.75) is 12.8 Å². The van der Waals surface area contributed by atoms with Crippen molar-refractivity contribution in [2.24, 2.45) is 0 Å². The molecule has 4 aromatic rings. The van der Waals surface area contributed by atoms with Crippen LogP contribution in [-0.4, -0.2) is 15.2 Å². The summed E-state index contributed by atoms with van der Waals surface area (Å²) in [5.41, 5.74) is 3.24. The van der Waals surface area contributed by atoms with Gasteiger partial charge in [0.05, 0.1) is 0 Å². The van der Waals surface area contributed by atoms with Crippen LogP contribution in [0, 0.1) is 0 Å². The van der Waals surface area contributed by atoms with Crippen LogP contribution in [0.5, 0.6) is 0 Å². The number of rotatable bonds is 4. The molecule has 0 unspecified atom stereocenters. The van der Waals surface area contributed by atoms with Gasteiger partial charge in [0.2, 0.25) is 11.8 Å². The van der Waals surface area contributed by atoms with Crippen molar-refractivity contribution in [3.63, 3.8) is 0 Å². The lowest BCUT2D eigenvalue weighted by atomic mass is 10.1. The van der Waals surface area contributed by atoms with Crippen LogP contribution < -0.4 is 0 Å². The molecule has 0 spiro atoms. The van der Waals surface area contributed by atoms with Crippen molar-refractivity contribution in [3.8, 4) is 11.5 Å². The molecule has 0 bridgehead atoms. The molecule has 0 radical (unpaired) electrons. The summed E-state index contributed by atoms with van der Waals surface area (Å²) in [5, 5.41) is 10.1. The number of hydrogen-bond acceptors (Lipinski definition) is 3. The Bertz CT molecular complexity index is 957. The molecular formula is C18H14ClN3O. The lowest BCUT2D eigenvalue weighted by Gasteiger charge is -1.97. The molecule has 4 nitrogen and oxygen atoms in total. The fourth-order valence-corrected chi connectivity index (χ4v) is 2.86. The molecule has 4 rings (SSSR count).